The molecular formula is C11H16Cl2N2OS. The van der Waals surface area contributed by atoms with Gasteiger partial charge in [0.1, 0.15) is 0 Å². The van der Waals surface area contributed by atoms with Crippen molar-refractivity contribution in [2.24, 2.45) is 0 Å². The second-order valence-electron chi connectivity index (χ2n) is 3.84. The van der Waals surface area contributed by atoms with E-state index >= 15 is 0 Å². The van der Waals surface area contributed by atoms with Crippen molar-refractivity contribution in [2.45, 2.75) is 12.8 Å². The third kappa shape index (κ3) is 4.47. The van der Waals surface area contributed by atoms with Crippen LogP contribution in [-0.2, 0) is 11.2 Å². The van der Waals surface area contributed by atoms with Crippen LogP contribution in [0.5, 0.6) is 0 Å². The Hall–Kier alpha value is -0.290. The Kier molecular flexibility index (Phi) is 6.27. The molecule has 0 spiro atoms. The lowest BCUT2D eigenvalue weighted by atomic mass is 10.2. The van der Waals surface area contributed by atoms with Gasteiger partial charge in [-0.1, -0.05) is 11.6 Å². The highest BCUT2D eigenvalue weighted by Gasteiger charge is 2.15. The smallest absolute Gasteiger partial charge is 0.223 e. The summed E-state index contributed by atoms with van der Waals surface area (Å²) in [7, 11) is 0. The SMILES string of the molecule is Cl.O=C(CCc1ccc(Cl)s1)N1CCNCC1. The second-order valence-corrected chi connectivity index (χ2v) is 5.64. The molecule has 0 aromatic carbocycles. The summed E-state index contributed by atoms with van der Waals surface area (Å²) in [6.07, 6.45) is 1.40. The van der Waals surface area contributed by atoms with Gasteiger partial charge in [0, 0.05) is 37.5 Å². The number of nitrogens with zero attached hydrogens (tertiary/aromatic N) is 1. The van der Waals surface area contributed by atoms with Gasteiger partial charge in [-0.2, -0.15) is 0 Å². The fourth-order valence-electron chi connectivity index (χ4n) is 1.79. The van der Waals surface area contributed by atoms with Gasteiger partial charge < -0.3 is 10.2 Å². The maximum Gasteiger partial charge on any atom is 0.223 e. The summed E-state index contributed by atoms with van der Waals surface area (Å²) in [5.41, 5.74) is 0. The highest BCUT2D eigenvalue weighted by atomic mass is 35.5. The molecular weight excluding hydrogens is 279 g/mol. The lowest BCUT2D eigenvalue weighted by Gasteiger charge is -2.27. The van der Waals surface area contributed by atoms with Crippen LogP contribution < -0.4 is 5.32 Å². The van der Waals surface area contributed by atoms with Gasteiger partial charge in [0.25, 0.3) is 0 Å². The summed E-state index contributed by atoms with van der Waals surface area (Å²) in [5.74, 6) is 0.256. The Morgan fingerprint density at radius 3 is 2.71 bits per heavy atom. The molecule has 17 heavy (non-hydrogen) atoms. The molecule has 0 atom stereocenters. The first-order valence-electron chi connectivity index (χ1n) is 5.48. The molecule has 0 unspecified atom stereocenters. The van der Waals surface area contributed by atoms with Crippen molar-refractivity contribution in [3.05, 3.63) is 21.3 Å². The van der Waals surface area contributed by atoms with Gasteiger partial charge in [-0.3, -0.25) is 4.79 Å². The van der Waals surface area contributed by atoms with Crippen LogP contribution in [0.1, 0.15) is 11.3 Å². The summed E-state index contributed by atoms with van der Waals surface area (Å²) >= 11 is 7.40. The predicted octanol–water partition coefficient (Wildman–Crippen LogP) is 2.19. The number of carbonyl (C=O) groups is 1. The molecule has 0 radical (unpaired) electrons. The van der Waals surface area contributed by atoms with Gasteiger partial charge in [0.05, 0.1) is 4.34 Å². The minimum atomic E-state index is 0. The molecule has 1 aromatic rings. The number of rotatable bonds is 3. The Morgan fingerprint density at radius 2 is 2.12 bits per heavy atom. The van der Waals surface area contributed by atoms with Crippen molar-refractivity contribution in [3.8, 4) is 0 Å². The molecule has 96 valence electrons. The largest absolute Gasteiger partial charge is 0.340 e. The third-order valence-corrected chi connectivity index (χ3v) is 3.97. The van der Waals surface area contributed by atoms with E-state index in [1.807, 2.05) is 17.0 Å². The van der Waals surface area contributed by atoms with Crippen LogP contribution in [0, 0.1) is 0 Å². The number of piperazine rings is 1. The first-order valence-corrected chi connectivity index (χ1v) is 6.68. The van der Waals surface area contributed by atoms with E-state index in [9.17, 15) is 4.79 Å². The number of hydrogen-bond acceptors (Lipinski definition) is 3. The summed E-state index contributed by atoms with van der Waals surface area (Å²) < 4.78 is 0.796. The first-order chi connectivity index (χ1) is 7.75. The molecule has 1 N–H and O–H groups in total. The van der Waals surface area contributed by atoms with Crippen molar-refractivity contribution in [1.82, 2.24) is 10.2 Å². The van der Waals surface area contributed by atoms with Crippen LogP contribution in [-0.4, -0.2) is 37.0 Å². The Balaban J connectivity index is 0.00000144. The lowest BCUT2D eigenvalue weighted by Crippen LogP contribution is -2.46. The summed E-state index contributed by atoms with van der Waals surface area (Å²) in [6.45, 7) is 3.50. The number of halogens is 2. The number of carbonyl (C=O) groups excluding carboxylic acids is 1. The van der Waals surface area contributed by atoms with Crippen LogP contribution in [0.4, 0.5) is 0 Å². The fraction of sp³-hybridized carbons (Fsp3) is 0.545. The average molecular weight is 295 g/mol. The summed E-state index contributed by atoms with van der Waals surface area (Å²) in [6, 6.07) is 3.88. The molecule has 1 saturated heterocycles. The van der Waals surface area contributed by atoms with Crippen LogP contribution in [0.15, 0.2) is 12.1 Å². The molecule has 2 heterocycles. The molecule has 0 aliphatic carbocycles. The molecule has 0 bridgehead atoms. The zero-order chi connectivity index (χ0) is 11.4. The lowest BCUT2D eigenvalue weighted by molar-refractivity contribution is -0.131. The van der Waals surface area contributed by atoms with Crippen LogP contribution in [0.3, 0.4) is 0 Å². The molecule has 6 heteroatoms. The van der Waals surface area contributed by atoms with E-state index in [4.69, 9.17) is 11.6 Å². The summed E-state index contributed by atoms with van der Waals surface area (Å²) in [4.78, 5) is 15.0. The summed E-state index contributed by atoms with van der Waals surface area (Å²) in [5, 5.41) is 3.24. The minimum absolute atomic E-state index is 0. The van der Waals surface area contributed by atoms with Gasteiger partial charge in [-0.05, 0) is 18.6 Å². The second kappa shape index (κ2) is 7.21. The maximum absolute atomic E-state index is 11.8. The van der Waals surface area contributed by atoms with Gasteiger partial charge in [0.15, 0.2) is 0 Å². The third-order valence-electron chi connectivity index (χ3n) is 2.68. The monoisotopic (exact) mass is 294 g/mol. The Labute approximate surface area is 117 Å². The van der Waals surface area contributed by atoms with Crippen molar-refractivity contribution in [2.75, 3.05) is 26.2 Å². The molecule has 1 amide bonds. The Bertz CT molecular complexity index is 364. The van der Waals surface area contributed by atoms with E-state index < -0.39 is 0 Å². The molecule has 2 rings (SSSR count). The quantitative estimate of drug-likeness (QED) is 0.927. The van der Waals surface area contributed by atoms with E-state index in [0.29, 0.717) is 6.42 Å². The highest BCUT2D eigenvalue weighted by Crippen LogP contribution is 2.22. The molecule has 3 nitrogen and oxygen atoms in total. The molecule has 1 aliphatic heterocycles. The molecule has 1 aliphatic rings. The van der Waals surface area contributed by atoms with E-state index in [1.165, 1.54) is 4.88 Å². The van der Waals surface area contributed by atoms with Crippen molar-refractivity contribution < 1.29 is 4.79 Å². The molecule has 0 saturated carbocycles. The minimum Gasteiger partial charge on any atom is -0.340 e. The number of amides is 1. The van der Waals surface area contributed by atoms with Crippen LogP contribution in [0.2, 0.25) is 4.34 Å². The zero-order valence-electron chi connectivity index (χ0n) is 9.45. The molecule has 1 aromatic heterocycles. The van der Waals surface area contributed by atoms with Crippen molar-refractivity contribution >= 4 is 41.3 Å². The first kappa shape index (κ1) is 14.8. The van der Waals surface area contributed by atoms with Crippen LogP contribution >= 0.6 is 35.3 Å². The maximum atomic E-state index is 11.8. The number of aryl methyl sites for hydroxylation is 1. The average Bonchev–Trinajstić information content (AvgIpc) is 2.73. The van der Waals surface area contributed by atoms with Gasteiger partial charge in [-0.25, -0.2) is 0 Å². The van der Waals surface area contributed by atoms with E-state index in [2.05, 4.69) is 5.32 Å². The van der Waals surface area contributed by atoms with Gasteiger partial charge in [-0.15, -0.1) is 23.7 Å². The van der Waals surface area contributed by atoms with E-state index in [-0.39, 0.29) is 18.3 Å². The number of nitrogens with one attached hydrogen (secondary N) is 1. The fourth-order valence-corrected chi connectivity index (χ4v) is 2.88. The number of hydrogen-bond donors (Lipinski definition) is 1. The van der Waals surface area contributed by atoms with Gasteiger partial charge in [0.2, 0.25) is 5.91 Å². The standard InChI is InChI=1S/C11H15ClN2OS.ClH/c12-10-3-1-9(16-10)2-4-11(15)14-7-5-13-6-8-14;/h1,3,13H,2,4-8H2;1H. The van der Waals surface area contributed by atoms with E-state index in [0.717, 1.165) is 36.9 Å². The van der Waals surface area contributed by atoms with Crippen molar-refractivity contribution in [1.29, 1.82) is 0 Å². The topological polar surface area (TPSA) is 32.3 Å². The predicted molar refractivity (Wildman–Crippen MR) is 74.3 cm³/mol. The van der Waals surface area contributed by atoms with Gasteiger partial charge >= 0.3 is 0 Å². The highest BCUT2D eigenvalue weighted by molar-refractivity contribution is 7.16. The number of thiophene rings is 1. The van der Waals surface area contributed by atoms with E-state index in [1.54, 1.807) is 11.3 Å². The zero-order valence-corrected chi connectivity index (χ0v) is 11.8. The van der Waals surface area contributed by atoms with Crippen LogP contribution in [0.25, 0.3) is 0 Å². The normalized spacial score (nSPS) is 15.5. The Morgan fingerprint density at radius 1 is 1.41 bits per heavy atom. The molecule has 1 fully saturated rings. The van der Waals surface area contributed by atoms with Crippen molar-refractivity contribution in [3.63, 3.8) is 0 Å².